The van der Waals surface area contributed by atoms with Gasteiger partial charge in [0, 0.05) is 24.7 Å². The van der Waals surface area contributed by atoms with Gasteiger partial charge in [0.15, 0.2) is 0 Å². The van der Waals surface area contributed by atoms with E-state index in [1.165, 1.54) is 6.33 Å². The normalized spacial score (nSPS) is 13.5. The second-order valence-corrected chi connectivity index (χ2v) is 9.01. The van der Waals surface area contributed by atoms with Crippen molar-refractivity contribution in [3.8, 4) is 11.1 Å². The molecule has 0 aliphatic heterocycles. The van der Waals surface area contributed by atoms with E-state index in [2.05, 4.69) is 39.6 Å². The second-order valence-electron chi connectivity index (χ2n) is 9.01. The van der Waals surface area contributed by atoms with Gasteiger partial charge in [-0.1, -0.05) is 48.5 Å². The number of amides is 1. The molecule has 1 aromatic heterocycles. The minimum atomic E-state index is -0.925. The van der Waals surface area contributed by atoms with Crippen molar-refractivity contribution in [2.45, 2.75) is 44.8 Å². The van der Waals surface area contributed by atoms with Crippen LogP contribution in [0.25, 0.3) is 11.1 Å². The molecule has 1 aliphatic rings. The third kappa shape index (κ3) is 5.37. The van der Waals surface area contributed by atoms with Crippen LogP contribution in [0.3, 0.4) is 0 Å². The Hall–Kier alpha value is -3.74. The van der Waals surface area contributed by atoms with Gasteiger partial charge >= 0.3 is 12.1 Å². The van der Waals surface area contributed by atoms with Crippen molar-refractivity contribution in [3.63, 3.8) is 0 Å². The van der Waals surface area contributed by atoms with E-state index in [0.29, 0.717) is 5.56 Å². The number of alkyl carbamates (subject to hydrolysis) is 1. The molecule has 7 heteroatoms. The molecule has 0 saturated heterocycles. The van der Waals surface area contributed by atoms with E-state index in [0.717, 1.165) is 22.3 Å². The van der Waals surface area contributed by atoms with Crippen LogP contribution in [0.4, 0.5) is 4.79 Å². The number of nitrogens with zero attached hydrogens (tertiary/aromatic N) is 2. The third-order valence-electron chi connectivity index (χ3n) is 5.38. The highest BCUT2D eigenvalue weighted by Gasteiger charge is 2.31. The van der Waals surface area contributed by atoms with Gasteiger partial charge in [-0.05, 0) is 48.6 Å². The van der Waals surface area contributed by atoms with Crippen LogP contribution < -0.4 is 5.32 Å². The molecule has 0 radical (unpaired) electrons. The first-order valence-electron chi connectivity index (χ1n) is 10.9. The van der Waals surface area contributed by atoms with Gasteiger partial charge in [0.05, 0.1) is 0 Å². The molecule has 1 amide bonds. The minimum Gasteiger partial charge on any atom is -0.458 e. The highest BCUT2D eigenvalue weighted by molar-refractivity contribution is 5.82. The summed E-state index contributed by atoms with van der Waals surface area (Å²) in [7, 11) is 0. The average Bonchev–Trinajstić information content (AvgIpc) is 3.11. The lowest BCUT2D eigenvalue weighted by Gasteiger charge is -2.24. The number of ether oxygens (including phenoxy) is 2. The number of hydrogen-bond donors (Lipinski definition) is 1. The first-order valence-corrected chi connectivity index (χ1v) is 10.9. The van der Waals surface area contributed by atoms with Gasteiger partial charge in [0.25, 0.3) is 0 Å². The molecule has 4 rings (SSSR count). The van der Waals surface area contributed by atoms with Crippen LogP contribution in [0.5, 0.6) is 0 Å². The molecule has 2 aromatic carbocycles. The molecule has 33 heavy (non-hydrogen) atoms. The van der Waals surface area contributed by atoms with Crippen LogP contribution in [-0.2, 0) is 20.7 Å². The van der Waals surface area contributed by atoms with Crippen LogP contribution in [0, 0.1) is 0 Å². The summed E-state index contributed by atoms with van der Waals surface area (Å²) in [5.74, 6) is -0.606. The van der Waals surface area contributed by atoms with E-state index in [1.54, 1.807) is 33.2 Å². The zero-order valence-electron chi connectivity index (χ0n) is 18.9. The van der Waals surface area contributed by atoms with Gasteiger partial charge in [-0.15, -0.1) is 0 Å². The number of carbonyl (C=O) groups excluding carboxylic acids is 2. The van der Waals surface area contributed by atoms with E-state index in [1.807, 2.05) is 24.3 Å². The highest BCUT2D eigenvalue weighted by Crippen LogP contribution is 2.44. The Bertz CT molecular complexity index is 1100. The van der Waals surface area contributed by atoms with Gasteiger partial charge < -0.3 is 14.8 Å². The summed E-state index contributed by atoms with van der Waals surface area (Å²) in [6, 6.07) is 15.3. The van der Waals surface area contributed by atoms with Crippen molar-refractivity contribution in [2.75, 3.05) is 6.61 Å². The van der Waals surface area contributed by atoms with Gasteiger partial charge in [-0.3, -0.25) is 0 Å². The molecule has 1 atom stereocenters. The fourth-order valence-corrected chi connectivity index (χ4v) is 4.02. The van der Waals surface area contributed by atoms with Crippen LogP contribution in [0.2, 0.25) is 0 Å². The first kappa shape index (κ1) is 22.5. The van der Waals surface area contributed by atoms with Gasteiger partial charge in [-0.2, -0.15) is 0 Å². The Morgan fingerprint density at radius 3 is 2.12 bits per heavy atom. The number of rotatable bonds is 6. The summed E-state index contributed by atoms with van der Waals surface area (Å²) >= 11 is 0. The predicted molar refractivity (Wildman–Crippen MR) is 124 cm³/mol. The molecule has 0 bridgehead atoms. The third-order valence-corrected chi connectivity index (χ3v) is 5.38. The number of aromatic nitrogens is 2. The van der Waals surface area contributed by atoms with Crippen molar-refractivity contribution in [1.82, 2.24) is 15.3 Å². The fourth-order valence-electron chi connectivity index (χ4n) is 4.02. The zero-order chi connectivity index (χ0) is 23.4. The quantitative estimate of drug-likeness (QED) is 0.570. The number of nitrogens with one attached hydrogen (secondary N) is 1. The molecule has 1 aliphatic carbocycles. The Morgan fingerprint density at radius 1 is 0.970 bits per heavy atom. The van der Waals surface area contributed by atoms with Crippen molar-refractivity contribution in [1.29, 1.82) is 0 Å². The van der Waals surface area contributed by atoms with Crippen molar-refractivity contribution in [2.24, 2.45) is 0 Å². The first-order chi connectivity index (χ1) is 15.8. The number of esters is 1. The smallest absolute Gasteiger partial charge is 0.407 e. The highest BCUT2D eigenvalue weighted by atomic mass is 16.6. The van der Waals surface area contributed by atoms with Crippen LogP contribution in [0.15, 0.2) is 67.3 Å². The van der Waals surface area contributed by atoms with Crippen LogP contribution >= 0.6 is 0 Å². The molecule has 0 spiro atoms. The lowest BCUT2D eigenvalue weighted by atomic mass is 9.98. The number of fused-ring (bicyclic) bond motifs is 3. The van der Waals surface area contributed by atoms with Crippen LogP contribution in [-0.4, -0.2) is 40.3 Å². The summed E-state index contributed by atoms with van der Waals surface area (Å²) < 4.78 is 11.1. The summed E-state index contributed by atoms with van der Waals surface area (Å²) in [6.07, 6.45) is 4.13. The lowest BCUT2D eigenvalue weighted by Crippen LogP contribution is -2.46. The molecule has 170 valence electrons. The average molecular weight is 446 g/mol. The fraction of sp³-hybridized carbons (Fsp3) is 0.308. The second kappa shape index (κ2) is 9.40. The molecule has 1 N–H and O–H groups in total. The number of hydrogen-bond acceptors (Lipinski definition) is 6. The van der Waals surface area contributed by atoms with Gasteiger partial charge in [0.1, 0.15) is 24.6 Å². The van der Waals surface area contributed by atoms with E-state index < -0.39 is 23.7 Å². The summed E-state index contributed by atoms with van der Waals surface area (Å²) in [5.41, 5.74) is 4.56. The Labute approximate surface area is 193 Å². The van der Waals surface area contributed by atoms with E-state index in [9.17, 15) is 9.59 Å². The van der Waals surface area contributed by atoms with E-state index in [-0.39, 0.29) is 18.9 Å². The standard InChI is InChI=1S/C26H27N3O4/c1-26(2,3)33-24(30)23(12-17-13-27-16-28-14-17)29-25(31)32-15-22-20-10-6-4-8-18(20)19-9-5-7-11-21(19)22/h4-11,13-14,16,22-23H,12,15H2,1-3H3,(H,29,31). The number of benzene rings is 2. The Balaban J connectivity index is 1.46. The Morgan fingerprint density at radius 2 is 1.55 bits per heavy atom. The minimum absolute atomic E-state index is 0.0642. The van der Waals surface area contributed by atoms with E-state index in [4.69, 9.17) is 9.47 Å². The maximum Gasteiger partial charge on any atom is 0.407 e. The van der Waals surface area contributed by atoms with Gasteiger partial charge in [-0.25, -0.2) is 19.6 Å². The molecular formula is C26H27N3O4. The lowest BCUT2D eigenvalue weighted by molar-refractivity contribution is -0.157. The molecule has 1 heterocycles. The van der Waals surface area contributed by atoms with E-state index >= 15 is 0 Å². The molecule has 0 fully saturated rings. The topological polar surface area (TPSA) is 90.4 Å². The Kier molecular flexibility index (Phi) is 6.40. The van der Waals surface area contributed by atoms with Crippen LogP contribution in [0.1, 0.15) is 43.4 Å². The molecule has 0 saturated carbocycles. The molecule has 7 nitrogen and oxygen atoms in total. The molecular weight excluding hydrogens is 418 g/mol. The van der Waals surface area contributed by atoms with Crippen molar-refractivity contribution in [3.05, 3.63) is 83.9 Å². The monoisotopic (exact) mass is 445 g/mol. The SMILES string of the molecule is CC(C)(C)OC(=O)C(Cc1cncnc1)NC(=O)OCC1c2ccccc2-c2ccccc21. The van der Waals surface area contributed by atoms with Crippen molar-refractivity contribution >= 4 is 12.1 Å². The van der Waals surface area contributed by atoms with Gasteiger partial charge in [0.2, 0.25) is 0 Å². The maximum absolute atomic E-state index is 12.8. The summed E-state index contributed by atoms with van der Waals surface area (Å²) in [6.45, 7) is 5.50. The molecule has 1 unspecified atom stereocenters. The number of carbonyl (C=O) groups is 2. The predicted octanol–water partition coefficient (Wildman–Crippen LogP) is 4.27. The maximum atomic E-state index is 12.8. The summed E-state index contributed by atoms with van der Waals surface area (Å²) in [4.78, 5) is 33.4. The largest absolute Gasteiger partial charge is 0.458 e. The molecule has 3 aromatic rings. The van der Waals surface area contributed by atoms with Crippen molar-refractivity contribution < 1.29 is 19.1 Å². The summed E-state index contributed by atoms with van der Waals surface area (Å²) in [5, 5.41) is 2.67. The zero-order valence-corrected chi connectivity index (χ0v) is 18.9.